The number of halogens is 2. The van der Waals surface area contributed by atoms with E-state index in [1.165, 1.54) is 12.3 Å². The fraction of sp³-hybridized carbons (Fsp3) is 0.0909. The van der Waals surface area contributed by atoms with Crippen LogP contribution in [0.25, 0.3) is 0 Å². The van der Waals surface area contributed by atoms with E-state index < -0.39 is 15.8 Å². The first-order valence-corrected chi connectivity index (χ1v) is 8.39. The summed E-state index contributed by atoms with van der Waals surface area (Å²) in [6.45, 7) is 1.34. The minimum Gasteiger partial charge on any atom is -0.293 e. The Labute approximate surface area is 127 Å². The second kappa shape index (κ2) is 5.58. The number of nitrogens with zero attached hydrogens (tertiary/aromatic N) is 1. The zero-order chi connectivity index (χ0) is 14.9. The molecule has 0 atom stereocenters. The minimum atomic E-state index is -3.90. The lowest BCUT2D eigenvalue weighted by Gasteiger charge is -2.07. The van der Waals surface area contributed by atoms with E-state index >= 15 is 0 Å². The van der Waals surface area contributed by atoms with Gasteiger partial charge in [0.1, 0.15) is 16.4 Å². The Hall–Kier alpha value is -1.32. The number of hydrogen-bond donors (Lipinski definition) is 1. The van der Waals surface area contributed by atoms with Gasteiger partial charge in [0, 0.05) is 16.8 Å². The van der Waals surface area contributed by atoms with Crippen LogP contribution in [0.1, 0.15) is 17.4 Å². The predicted octanol–water partition coefficient (Wildman–Crippen LogP) is 3.05. The lowest BCUT2D eigenvalue weighted by molar-refractivity contribution is 0.101. The van der Waals surface area contributed by atoms with Gasteiger partial charge in [-0.3, -0.25) is 9.52 Å². The van der Waals surface area contributed by atoms with Gasteiger partial charge in [-0.2, -0.15) is 0 Å². The Kier molecular flexibility index (Phi) is 4.21. The molecule has 20 heavy (non-hydrogen) atoms. The highest BCUT2D eigenvalue weighted by Crippen LogP contribution is 2.26. The first kappa shape index (κ1) is 15.1. The van der Waals surface area contributed by atoms with Crippen LogP contribution in [0.3, 0.4) is 0 Å². The van der Waals surface area contributed by atoms with Crippen molar-refractivity contribution in [2.24, 2.45) is 0 Å². The van der Waals surface area contributed by atoms with Crippen LogP contribution in [0.4, 0.5) is 9.52 Å². The third-order valence-electron chi connectivity index (χ3n) is 2.27. The lowest BCUT2D eigenvalue weighted by atomic mass is 10.3. The summed E-state index contributed by atoms with van der Waals surface area (Å²) in [5.74, 6) is -0.807. The van der Waals surface area contributed by atoms with Crippen molar-refractivity contribution in [2.75, 3.05) is 4.72 Å². The van der Waals surface area contributed by atoms with Gasteiger partial charge >= 0.3 is 0 Å². The maximum Gasteiger partial charge on any atom is 0.264 e. The molecular weight excluding hydrogens is 371 g/mol. The summed E-state index contributed by atoms with van der Waals surface area (Å²) < 4.78 is 39.6. The summed E-state index contributed by atoms with van der Waals surface area (Å²) in [7, 11) is -3.90. The quantitative estimate of drug-likeness (QED) is 0.829. The third kappa shape index (κ3) is 3.22. The molecule has 0 saturated heterocycles. The molecular formula is C11H8BrFN2O3S2. The number of anilines is 1. The standard InChI is InChI=1S/C11H8BrFN2O3S2/c1-6(16)9-5-19-11(14-9)15-20(17,18)10-3-2-7(13)4-8(10)12/h2-5H,1H3,(H,14,15). The number of ketones is 1. The average Bonchev–Trinajstić information content (AvgIpc) is 2.76. The van der Waals surface area contributed by atoms with Crippen LogP contribution >= 0.6 is 27.3 Å². The third-order valence-corrected chi connectivity index (χ3v) is 5.47. The van der Waals surface area contributed by atoms with E-state index in [0.717, 1.165) is 29.5 Å². The lowest BCUT2D eigenvalue weighted by Crippen LogP contribution is -2.13. The van der Waals surface area contributed by atoms with Crippen LogP contribution < -0.4 is 4.72 Å². The van der Waals surface area contributed by atoms with Crippen LogP contribution in [0.2, 0.25) is 0 Å². The fourth-order valence-electron chi connectivity index (χ4n) is 1.35. The monoisotopic (exact) mass is 378 g/mol. The van der Waals surface area contributed by atoms with Gasteiger partial charge in [-0.25, -0.2) is 17.8 Å². The number of thiazole rings is 1. The second-order valence-electron chi connectivity index (χ2n) is 3.77. The van der Waals surface area contributed by atoms with Gasteiger partial charge < -0.3 is 0 Å². The zero-order valence-corrected chi connectivity index (χ0v) is 13.3. The van der Waals surface area contributed by atoms with Gasteiger partial charge in [0.25, 0.3) is 10.0 Å². The summed E-state index contributed by atoms with van der Waals surface area (Å²) in [4.78, 5) is 14.8. The summed E-state index contributed by atoms with van der Waals surface area (Å²) in [6, 6.07) is 3.24. The number of sulfonamides is 1. The molecule has 0 aliphatic heterocycles. The Morgan fingerprint density at radius 2 is 2.15 bits per heavy atom. The molecule has 2 aromatic rings. The zero-order valence-electron chi connectivity index (χ0n) is 10.1. The van der Waals surface area contributed by atoms with Crippen LogP contribution in [0.5, 0.6) is 0 Å². The van der Waals surface area contributed by atoms with Gasteiger partial charge in [0.05, 0.1) is 0 Å². The molecule has 0 unspecified atom stereocenters. The van der Waals surface area contributed by atoms with Crippen molar-refractivity contribution in [3.05, 3.63) is 39.6 Å². The molecule has 0 aliphatic carbocycles. The molecule has 0 fully saturated rings. The van der Waals surface area contributed by atoms with E-state index in [9.17, 15) is 17.6 Å². The number of carbonyl (C=O) groups excluding carboxylic acids is 1. The van der Waals surface area contributed by atoms with Gasteiger partial charge in [-0.1, -0.05) is 0 Å². The molecule has 0 amide bonds. The Balaban J connectivity index is 2.33. The van der Waals surface area contributed by atoms with E-state index in [-0.39, 0.29) is 26.0 Å². The van der Waals surface area contributed by atoms with Gasteiger partial charge in [0.15, 0.2) is 10.9 Å². The van der Waals surface area contributed by atoms with E-state index in [4.69, 9.17) is 0 Å². The molecule has 0 aliphatic rings. The van der Waals surface area contributed by atoms with Gasteiger partial charge in [0.2, 0.25) is 0 Å². The maximum atomic E-state index is 13.0. The van der Waals surface area contributed by atoms with Crippen LogP contribution in [-0.4, -0.2) is 19.2 Å². The van der Waals surface area contributed by atoms with Gasteiger partial charge in [-0.15, -0.1) is 11.3 Å². The van der Waals surface area contributed by atoms with Crippen molar-refractivity contribution in [3.8, 4) is 0 Å². The maximum absolute atomic E-state index is 13.0. The van der Waals surface area contributed by atoms with Crippen molar-refractivity contribution < 1.29 is 17.6 Å². The smallest absolute Gasteiger partial charge is 0.264 e. The van der Waals surface area contributed by atoms with E-state index in [1.807, 2.05) is 0 Å². The Morgan fingerprint density at radius 1 is 1.45 bits per heavy atom. The number of aromatic nitrogens is 1. The first-order chi connectivity index (χ1) is 9.29. The van der Waals surface area contributed by atoms with Crippen molar-refractivity contribution in [1.82, 2.24) is 4.98 Å². The van der Waals surface area contributed by atoms with Crippen molar-refractivity contribution >= 4 is 48.2 Å². The normalized spacial score (nSPS) is 11.3. The highest BCUT2D eigenvalue weighted by molar-refractivity contribution is 9.10. The molecule has 1 aromatic carbocycles. The van der Waals surface area contributed by atoms with Crippen molar-refractivity contribution in [2.45, 2.75) is 11.8 Å². The number of nitrogens with one attached hydrogen (secondary N) is 1. The summed E-state index contributed by atoms with van der Waals surface area (Å²) in [6.07, 6.45) is 0. The number of hydrogen-bond acceptors (Lipinski definition) is 5. The molecule has 0 bridgehead atoms. The molecule has 5 nitrogen and oxygen atoms in total. The second-order valence-corrected chi connectivity index (χ2v) is 7.14. The van der Waals surface area contributed by atoms with Crippen molar-refractivity contribution in [1.29, 1.82) is 0 Å². The molecule has 1 heterocycles. The molecule has 0 spiro atoms. The highest BCUT2D eigenvalue weighted by Gasteiger charge is 2.20. The summed E-state index contributed by atoms with van der Waals surface area (Å²) in [5, 5.41) is 1.53. The first-order valence-electron chi connectivity index (χ1n) is 5.24. The number of rotatable bonds is 4. The fourth-order valence-corrected chi connectivity index (χ4v) is 4.40. The topological polar surface area (TPSA) is 76.1 Å². The highest BCUT2D eigenvalue weighted by atomic mass is 79.9. The Bertz CT molecular complexity index is 774. The average molecular weight is 379 g/mol. The molecule has 1 aromatic heterocycles. The number of benzene rings is 1. The van der Waals surface area contributed by atoms with Crippen LogP contribution in [-0.2, 0) is 10.0 Å². The Morgan fingerprint density at radius 3 is 2.70 bits per heavy atom. The number of carbonyl (C=O) groups is 1. The molecule has 2 rings (SSSR count). The summed E-state index contributed by atoms with van der Waals surface area (Å²) >= 11 is 3.99. The predicted molar refractivity (Wildman–Crippen MR) is 77.0 cm³/mol. The molecule has 9 heteroatoms. The molecule has 106 valence electrons. The SMILES string of the molecule is CC(=O)c1csc(NS(=O)(=O)c2ccc(F)cc2Br)n1. The summed E-state index contributed by atoms with van der Waals surface area (Å²) in [5.41, 5.74) is 0.186. The number of Topliss-reactive ketones (excluding diaryl/α,β-unsaturated/α-hetero) is 1. The minimum absolute atomic E-state index is 0.0754. The van der Waals surface area contributed by atoms with Crippen molar-refractivity contribution in [3.63, 3.8) is 0 Å². The van der Waals surface area contributed by atoms with E-state index in [0.29, 0.717) is 0 Å². The van der Waals surface area contributed by atoms with E-state index in [2.05, 4.69) is 25.6 Å². The molecule has 0 saturated carbocycles. The van der Waals surface area contributed by atoms with Crippen LogP contribution in [0, 0.1) is 5.82 Å². The van der Waals surface area contributed by atoms with E-state index in [1.54, 1.807) is 0 Å². The van der Waals surface area contributed by atoms with Crippen LogP contribution in [0.15, 0.2) is 32.9 Å². The molecule has 0 radical (unpaired) electrons. The van der Waals surface area contributed by atoms with Gasteiger partial charge in [-0.05, 0) is 34.1 Å². The largest absolute Gasteiger partial charge is 0.293 e. The molecule has 1 N–H and O–H groups in total.